The Bertz CT molecular complexity index is 334. The third-order valence-corrected chi connectivity index (χ3v) is 3.21. The van der Waals surface area contributed by atoms with Crippen LogP contribution in [0.3, 0.4) is 0 Å². The smallest absolute Gasteiger partial charge is 0.334 e. The Hall–Kier alpha value is -0.660. The summed E-state index contributed by atoms with van der Waals surface area (Å²) in [4.78, 5) is 23.1. The largest absolute Gasteiger partial charge is 0.383 e. The van der Waals surface area contributed by atoms with Gasteiger partial charge >= 0.3 is 12.3 Å². The summed E-state index contributed by atoms with van der Waals surface area (Å²) in [5.74, 6) is -6.84. The van der Waals surface area contributed by atoms with Gasteiger partial charge in [-0.25, -0.2) is 8.78 Å². The molecule has 1 fully saturated rings. The van der Waals surface area contributed by atoms with E-state index in [1.54, 1.807) is 0 Å². The second-order valence-electron chi connectivity index (χ2n) is 4.08. The third-order valence-electron chi connectivity index (χ3n) is 2.59. The first kappa shape index (κ1) is 15.4. The van der Waals surface area contributed by atoms with Crippen LogP contribution in [0.15, 0.2) is 0 Å². The van der Waals surface area contributed by atoms with E-state index in [-0.39, 0.29) is 24.1 Å². The molecule has 0 heterocycles. The molecule has 8 heteroatoms. The van der Waals surface area contributed by atoms with Crippen molar-refractivity contribution in [3.8, 4) is 0 Å². The molecule has 0 bridgehead atoms. The number of carbonyl (C=O) groups excluding carboxylic acids is 2. The fourth-order valence-corrected chi connectivity index (χ4v) is 1.71. The van der Waals surface area contributed by atoms with Crippen LogP contribution in [-0.4, -0.2) is 46.9 Å². The number of alkyl halides is 5. The van der Waals surface area contributed by atoms with E-state index in [0.717, 1.165) is 0 Å². The number of nitrogens with zero attached hydrogens (tertiary/aromatic N) is 1. The minimum absolute atomic E-state index is 0.0466. The first-order chi connectivity index (χ1) is 8.30. The lowest BCUT2D eigenvalue weighted by molar-refractivity contribution is -0.181. The number of halogens is 5. The van der Waals surface area contributed by atoms with E-state index in [9.17, 15) is 27.2 Å². The number of hydrogen-bond donors (Lipinski definition) is 0. The molecule has 1 rings (SSSR count). The number of hydrogen-bond acceptors (Lipinski definition) is 2. The second kappa shape index (κ2) is 5.99. The molecule has 1 aliphatic carbocycles. The quantitative estimate of drug-likeness (QED) is 0.529. The van der Waals surface area contributed by atoms with Gasteiger partial charge in [0.1, 0.15) is 5.78 Å². The Balaban J connectivity index is 2.67. The maximum Gasteiger partial charge on any atom is 0.383 e. The number of rotatable bonds is 7. The van der Waals surface area contributed by atoms with Crippen molar-refractivity contribution >= 4 is 27.6 Å². The molecular weight excluding hydrogens is 322 g/mol. The molecule has 0 aromatic rings. The Morgan fingerprint density at radius 3 is 2.28 bits per heavy atom. The zero-order valence-corrected chi connectivity index (χ0v) is 10.9. The average molecular weight is 334 g/mol. The lowest BCUT2D eigenvalue weighted by Crippen LogP contribution is -2.49. The summed E-state index contributed by atoms with van der Waals surface area (Å²) >= 11 is 2.90. The van der Waals surface area contributed by atoms with Gasteiger partial charge in [0.2, 0.25) is 0 Å². The van der Waals surface area contributed by atoms with Crippen LogP contribution in [0.2, 0.25) is 0 Å². The summed E-state index contributed by atoms with van der Waals surface area (Å²) in [7, 11) is 0. The van der Waals surface area contributed by atoms with E-state index < -0.39 is 24.3 Å². The predicted molar refractivity (Wildman–Crippen MR) is 59.1 cm³/mol. The molecule has 1 amide bonds. The van der Waals surface area contributed by atoms with Gasteiger partial charge in [-0.1, -0.05) is 15.9 Å². The maximum atomic E-state index is 12.9. The van der Waals surface area contributed by atoms with Crippen molar-refractivity contribution in [2.75, 3.05) is 11.9 Å². The van der Waals surface area contributed by atoms with Gasteiger partial charge in [-0.05, 0) is 12.8 Å². The highest BCUT2D eigenvalue weighted by molar-refractivity contribution is 9.09. The number of Topliss-reactive ketones (excluding diaryl/α,β-unsaturated/α-hetero) is 1. The van der Waals surface area contributed by atoms with Crippen LogP contribution in [0.1, 0.15) is 19.3 Å². The van der Waals surface area contributed by atoms with E-state index >= 15 is 0 Å². The molecule has 0 aromatic heterocycles. The molecule has 18 heavy (non-hydrogen) atoms. The SMILES string of the molecule is O=C(CBr)CCN(C(=O)C(F)(F)C(F)F)C1CC1. The molecular formula is C10H12BrF4NO2. The zero-order chi connectivity index (χ0) is 13.9. The third kappa shape index (κ3) is 3.66. The maximum absolute atomic E-state index is 12.9. The van der Waals surface area contributed by atoms with E-state index in [4.69, 9.17) is 0 Å². The molecule has 0 N–H and O–H groups in total. The van der Waals surface area contributed by atoms with Gasteiger partial charge in [0.25, 0.3) is 5.91 Å². The predicted octanol–water partition coefficient (Wildman–Crippen LogP) is 2.23. The van der Waals surface area contributed by atoms with Crippen molar-refractivity contribution in [2.45, 2.75) is 37.7 Å². The van der Waals surface area contributed by atoms with Gasteiger partial charge in [0, 0.05) is 19.0 Å². The van der Waals surface area contributed by atoms with Crippen LogP contribution in [-0.2, 0) is 9.59 Å². The van der Waals surface area contributed by atoms with Crippen molar-refractivity contribution in [3.05, 3.63) is 0 Å². The Morgan fingerprint density at radius 2 is 1.89 bits per heavy atom. The van der Waals surface area contributed by atoms with E-state index in [0.29, 0.717) is 17.7 Å². The van der Waals surface area contributed by atoms with Crippen molar-refractivity contribution in [1.82, 2.24) is 4.90 Å². The summed E-state index contributed by atoms with van der Waals surface area (Å²) in [5.41, 5.74) is 0. The van der Waals surface area contributed by atoms with E-state index in [1.807, 2.05) is 0 Å². The van der Waals surface area contributed by atoms with Gasteiger partial charge < -0.3 is 4.90 Å². The molecule has 1 saturated carbocycles. The van der Waals surface area contributed by atoms with Gasteiger partial charge in [0.15, 0.2) is 0 Å². The highest BCUT2D eigenvalue weighted by Crippen LogP contribution is 2.33. The molecule has 0 radical (unpaired) electrons. The molecule has 0 aromatic carbocycles. The topological polar surface area (TPSA) is 37.4 Å². The Labute approximate surface area is 110 Å². The van der Waals surface area contributed by atoms with Crippen molar-refractivity contribution in [2.24, 2.45) is 0 Å². The van der Waals surface area contributed by atoms with Crippen LogP contribution < -0.4 is 0 Å². The van der Waals surface area contributed by atoms with Gasteiger partial charge in [-0.2, -0.15) is 8.78 Å². The second-order valence-corrected chi connectivity index (χ2v) is 4.64. The molecule has 0 unspecified atom stereocenters. The van der Waals surface area contributed by atoms with Gasteiger partial charge in [0.05, 0.1) is 5.33 Å². The average Bonchev–Trinajstić information content (AvgIpc) is 3.12. The van der Waals surface area contributed by atoms with Crippen molar-refractivity contribution in [3.63, 3.8) is 0 Å². The monoisotopic (exact) mass is 333 g/mol. The summed E-state index contributed by atoms with van der Waals surface area (Å²) < 4.78 is 50.1. The standard InChI is InChI=1S/C10H12BrF4NO2/c11-5-7(17)3-4-16(6-1-2-6)9(18)10(14,15)8(12)13/h6,8H,1-5H2. The molecule has 3 nitrogen and oxygen atoms in total. The van der Waals surface area contributed by atoms with Crippen molar-refractivity contribution < 1.29 is 27.2 Å². The summed E-state index contributed by atoms with van der Waals surface area (Å²) in [6.45, 7) is -0.240. The fourth-order valence-electron chi connectivity index (χ4n) is 1.43. The Kier molecular flexibility index (Phi) is 5.12. The molecule has 0 atom stereocenters. The molecule has 104 valence electrons. The van der Waals surface area contributed by atoms with E-state index in [2.05, 4.69) is 15.9 Å². The molecule has 0 saturated heterocycles. The number of carbonyl (C=O) groups is 2. The molecule has 1 aliphatic rings. The van der Waals surface area contributed by atoms with Crippen LogP contribution in [0, 0.1) is 0 Å². The van der Waals surface area contributed by atoms with Crippen LogP contribution >= 0.6 is 15.9 Å². The Morgan fingerprint density at radius 1 is 1.33 bits per heavy atom. The molecule has 0 aliphatic heterocycles. The van der Waals surface area contributed by atoms with Crippen molar-refractivity contribution in [1.29, 1.82) is 0 Å². The van der Waals surface area contributed by atoms with Crippen LogP contribution in [0.25, 0.3) is 0 Å². The van der Waals surface area contributed by atoms with Gasteiger partial charge in [-0.15, -0.1) is 0 Å². The summed E-state index contributed by atoms with van der Waals surface area (Å²) in [5, 5.41) is 0.0466. The number of amides is 1. The first-order valence-corrected chi connectivity index (χ1v) is 6.47. The lowest BCUT2D eigenvalue weighted by Gasteiger charge is -2.26. The summed E-state index contributed by atoms with van der Waals surface area (Å²) in [6.07, 6.45) is -3.13. The fraction of sp³-hybridized carbons (Fsp3) is 0.800. The van der Waals surface area contributed by atoms with Crippen LogP contribution in [0.4, 0.5) is 17.6 Å². The normalized spacial score (nSPS) is 15.9. The number of ketones is 1. The van der Waals surface area contributed by atoms with Crippen LogP contribution in [0.5, 0.6) is 0 Å². The highest BCUT2D eigenvalue weighted by Gasteiger charge is 2.53. The minimum Gasteiger partial charge on any atom is -0.334 e. The minimum atomic E-state index is -4.68. The lowest BCUT2D eigenvalue weighted by atomic mass is 10.2. The highest BCUT2D eigenvalue weighted by atomic mass is 79.9. The first-order valence-electron chi connectivity index (χ1n) is 5.35. The van der Waals surface area contributed by atoms with Gasteiger partial charge in [-0.3, -0.25) is 9.59 Å². The zero-order valence-electron chi connectivity index (χ0n) is 9.34. The van der Waals surface area contributed by atoms with E-state index in [1.165, 1.54) is 0 Å². The molecule has 0 spiro atoms. The summed E-state index contributed by atoms with van der Waals surface area (Å²) in [6, 6.07) is -0.440.